The Kier molecular flexibility index (Phi) is 2.69. The van der Waals surface area contributed by atoms with Gasteiger partial charge in [0.05, 0.1) is 18.1 Å². The molecule has 0 aromatic carbocycles. The van der Waals surface area contributed by atoms with E-state index in [4.69, 9.17) is 5.73 Å². The third kappa shape index (κ3) is 2.46. The molecular formula is C6H12N2O3S. The number of hydrogen-bond acceptors (Lipinski definition) is 4. The van der Waals surface area contributed by atoms with Crippen LogP contribution in [0.1, 0.15) is 6.42 Å². The van der Waals surface area contributed by atoms with Crippen LogP contribution < -0.4 is 11.1 Å². The highest BCUT2D eigenvalue weighted by molar-refractivity contribution is 7.91. The first kappa shape index (κ1) is 9.47. The van der Waals surface area contributed by atoms with Gasteiger partial charge in [0.2, 0.25) is 5.91 Å². The largest absolute Gasteiger partial charge is 0.351 e. The van der Waals surface area contributed by atoms with E-state index in [-0.39, 0.29) is 30.0 Å². The van der Waals surface area contributed by atoms with Gasteiger partial charge in [-0.2, -0.15) is 0 Å². The fraction of sp³-hybridized carbons (Fsp3) is 0.833. The lowest BCUT2D eigenvalue weighted by Crippen LogP contribution is -2.39. The number of hydrogen-bond donors (Lipinski definition) is 2. The molecule has 12 heavy (non-hydrogen) atoms. The van der Waals surface area contributed by atoms with Crippen LogP contribution in [0.15, 0.2) is 0 Å². The van der Waals surface area contributed by atoms with Crippen molar-refractivity contribution in [2.45, 2.75) is 12.5 Å². The normalized spacial score (nSPS) is 26.9. The Morgan fingerprint density at radius 1 is 1.58 bits per heavy atom. The first-order valence-corrected chi connectivity index (χ1v) is 5.55. The van der Waals surface area contributed by atoms with Crippen LogP contribution in [0.2, 0.25) is 0 Å². The summed E-state index contributed by atoms with van der Waals surface area (Å²) in [5.74, 6) is -0.0709. The minimum atomic E-state index is -2.90. The molecular weight excluding hydrogens is 180 g/mol. The van der Waals surface area contributed by atoms with Crippen molar-refractivity contribution in [1.29, 1.82) is 0 Å². The molecule has 5 nitrogen and oxygen atoms in total. The molecule has 0 aromatic rings. The fourth-order valence-electron chi connectivity index (χ4n) is 1.20. The second-order valence-corrected chi connectivity index (χ2v) is 5.10. The summed E-state index contributed by atoms with van der Waals surface area (Å²) in [6, 6.07) is -0.231. The van der Waals surface area contributed by atoms with Gasteiger partial charge in [0.1, 0.15) is 0 Å². The Bertz CT molecular complexity index is 273. The molecule has 0 aromatic heterocycles. The molecule has 1 unspecified atom stereocenters. The summed E-state index contributed by atoms with van der Waals surface area (Å²) in [7, 11) is -2.90. The summed E-state index contributed by atoms with van der Waals surface area (Å²) in [6.07, 6.45) is 0.508. The van der Waals surface area contributed by atoms with E-state index in [1.807, 2.05) is 0 Å². The molecule has 1 heterocycles. The number of nitrogens with one attached hydrogen (secondary N) is 1. The number of sulfone groups is 1. The number of carbonyl (C=O) groups excluding carboxylic acids is 1. The molecule has 1 rings (SSSR count). The maximum Gasteiger partial charge on any atom is 0.233 e. The van der Waals surface area contributed by atoms with Crippen molar-refractivity contribution in [2.75, 3.05) is 18.1 Å². The average molecular weight is 192 g/mol. The molecule has 1 aliphatic heterocycles. The Labute approximate surface area is 71.2 Å². The Morgan fingerprint density at radius 2 is 2.25 bits per heavy atom. The molecule has 1 atom stereocenters. The standard InChI is InChI=1S/C6H12N2O3S/c7-3-6(9)8-5-1-2-12(10,11)4-5/h5H,1-4,7H2,(H,8,9). The monoisotopic (exact) mass is 192 g/mol. The molecule has 1 fully saturated rings. The molecule has 1 saturated heterocycles. The van der Waals surface area contributed by atoms with Gasteiger partial charge in [-0.3, -0.25) is 4.79 Å². The van der Waals surface area contributed by atoms with Crippen LogP contribution in [0.3, 0.4) is 0 Å². The Balaban J connectivity index is 2.43. The highest BCUT2D eigenvalue weighted by atomic mass is 32.2. The van der Waals surface area contributed by atoms with E-state index in [1.165, 1.54) is 0 Å². The maximum atomic E-state index is 10.9. The second kappa shape index (κ2) is 3.40. The number of carbonyl (C=O) groups is 1. The third-order valence-corrected chi connectivity index (χ3v) is 3.55. The first-order chi connectivity index (χ1) is 5.53. The molecule has 3 N–H and O–H groups in total. The minimum Gasteiger partial charge on any atom is -0.351 e. The quantitative estimate of drug-likeness (QED) is 0.543. The number of rotatable bonds is 2. The van der Waals surface area contributed by atoms with E-state index in [1.54, 1.807) is 0 Å². The fourth-order valence-corrected chi connectivity index (χ4v) is 2.87. The van der Waals surface area contributed by atoms with Crippen LogP contribution >= 0.6 is 0 Å². The maximum absolute atomic E-state index is 10.9. The van der Waals surface area contributed by atoms with E-state index >= 15 is 0 Å². The average Bonchev–Trinajstić information content (AvgIpc) is 2.30. The molecule has 0 saturated carbocycles. The third-order valence-electron chi connectivity index (χ3n) is 1.78. The van der Waals surface area contributed by atoms with Gasteiger partial charge in [-0.15, -0.1) is 0 Å². The lowest BCUT2D eigenvalue weighted by atomic mass is 10.2. The van der Waals surface area contributed by atoms with Crippen molar-refractivity contribution in [2.24, 2.45) is 5.73 Å². The molecule has 0 aliphatic carbocycles. The zero-order valence-electron chi connectivity index (χ0n) is 6.62. The minimum absolute atomic E-state index is 0.0543. The summed E-state index contributed by atoms with van der Waals surface area (Å²) in [4.78, 5) is 10.7. The number of amides is 1. The first-order valence-electron chi connectivity index (χ1n) is 3.73. The zero-order chi connectivity index (χ0) is 9.19. The van der Waals surface area contributed by atoms with Gasteiger partial charge in [0, 0.05) is 6.04 Å². The van der Waals surface area contributed by atoms with Crippen molar-refractivity contribution in [3.8, 4) is 0 Å². The number of nitrogens with two attached hydrogens (primary N) is 1. The van der Waals surface area contributed by atoms with Crippen LogP contribution in [0, 0.1) is 0 Å². The van der Waals surface area contributed by atoms with E-state index in [0.29, 0.717) is 6.42 Å². The van der Waals surface area contributed by atoms with E-state index in [2.05, 4.69) is 5.32 Å². The van der Waals surface area contributed by atoms with Crippen molar-refractivity contribution in [3.63, 3.8) is 0 Å². The summed E-state index contributed by atoms with van der Waals surface area (Å²) in [6.45, 7) is -0.0868. The van der Waals surface area contributed by atoms with Crippen LogP contribution in [-0.2, 0) is 14.6 Å². The van der Waals surface area contributed by atoms with Gasteiger partial charge in [-0.25, -0.2) is 8.42 Å². The molecule has 70 valence electrons. The highest BCUT2D eigenvalue weighted by Gasteiger charge is 2.28. The predicted octanol–water partition coefficient (Wildman–Crippen LogP) is -1.75. The predicted molar refractivity (Wildman–Crippen MR) is 44.3 cm³/mol. The van der Waals surface area contributed by atoms with Gasteiger partial charge in [-0.05, 0) is 6.42 Å². The van der Waals surface area contributed by atoms with Crippen molar-refractivity contribution in [3.05, 3.63) is 0 Å². The van der Waals surface area contributed by atoms with Gasteiger partial charge in [0.15, 0.2) is 9.84 Å². The lowest BCUT2D eigenvalue weighted by molar-refractivity contribution is -0.120. The molecule has 1 aliphatic rings. The van der Waals surface area contributed by atoms with Crippen molar-refractivity contribution < 1.29 is 13.2 Å². The van der Waals surface area contributed by atoms with Gasteiger partial charge >= 0.3 is 0 Å². The van der Waals surface area contributed by atoms with E-state index in [9.17, 15) is 13.2 Å². The molecule has 0 radical (unpaired) electrons. The van der Waals surface area contributed by atoms with Crippen LogP contribution in [0.4, 0.5) is 0 Å². The molecule has 0 spiro atoms. The van der Waals surface area contributed by atoms with Crippen molar-refractivity contribution in [1.82, 2.24) is 5.32 Å². The highest BCUT2D eigenvalue weighted by Crippen LogP contribution is 2.10. The van der Waals surface area contributed by atoms with Gasteiger partial charge in [-0.1, -0.05) is 0 Å². The SMILES string of the molecule is NCC(=O)NC1CCS(=O)(=O)C1. The van der Waals surface area contributed by atoms with E-state index in [0.717, 1.165) is 0 Å². The van der Waals surface area contributed by atoms with Gasteiger partial charge in [0.25, 0.3) is 0 Å². The summed E-state index contributed by atoms with van der Waals surface area (Å²) in [5.41, 5.74) is 5.06. The van der Waals surface area contributed by atoms with E-state index < -0.39 is 9.84 Å². The smallest absolute Gasteiger partial charge is 0.233 e. The Morgan fingerprint density at radius 3 is 2.67 bits per heavy atom. The summed E-state index contributed by atoms with van der Waals surface area (Å²) in [5, 5.41) is 2.54. The molecule has 1 amide bonds. The summed E-state index contributed by atoms with van der Waals surface area (Å²) < 4.78 is 21.9. The lowest BCUT2D eigenvalue weighted by Gasteiger charge is -2.08. The van der Waals surface area contributed by atoms with Crippen LogP contribution in [-0.4, -0.2) is 38.4 Å². The Hall–Kier alpha value is -0.620. The molecule has 6 heteroatoms. The topological polar surface area (TPSA) is 89.3 Å². The zero-order valence-corrected chi connectivity index (χ0v) is 7.43. The molecule has 0 bridgehead atoms. The summed E-state index contributed by atoms with van der Waals surface area (Å²) >= 11 is 0. The van der Waals surface area contributed by atoms with Crippen LogP contribution in [0.25, 0.3) is 0 Å². The van der Waals surface area contributed by atoms with Crippen molar-refractivity contribution >= 4 is 15.7 Å². The van der Waals surface area contributed by atoms with Crippen LogP contribution in [0.5, 0.6) is 0 Å². The van der Waals surface area contributed by atoms with Gasteiger partial charge < -0.3 is 11.1 Å². The second-order valence-electron chi connectivity index (χ2n) is 2.87.